The Morgan fingerprint density at radius 2 is 1.45 bits per heavy atom. The molecule has 67 heavy (non-hydrogen) atoms. The summed E-state index contributed by atoms with van der Waals surface area (Å²) in [6.07, 6.45) is 3.30. The molecule has 0 unspecified atom stereocenters. The van der Waals surface area contributed by atoms with E-state index in [1.54, 1.807) is 6.07 Å². The monoisotopic (exact) mass is 1060 g/mol. The zero-order chi connectivity index (χ0) is 48.1. The molecule has 0 spiro atoms. The zero-order valence-electron chi connectivity index (χ0n) is 42.0. The van der Waals surface area contributed by atoms with Gasteiger partial charge in [-0.05, 0) is 117 Å². The first kappa shape index (κ1) is 42.0. The second kappa shape index (κ2) is 18.7. The number of hydrogen-bond acceptors (Lipinski definition) is 4. The average Bonchev–Trinajstić information content (AvgIpc) is 3.88. The van der Waals surface area contributed by atoms with Crippen molar-refractivity contribution in [2.45, 2.75) is 78.7 Å². The maximum absolute atomic E-state index is 8.34. The first-order valence-corrected chi connectivity index (χ1v) is 23.0. The Bertz CT molecular complexity index is 3330. The number of benzene rings is 7. The van der Waals surface area contributed by atoms with E-state index in [1.165, 1.54) is 16.7 Å². The molecule has 0 aliphatic carbocycles. The van der Waals surface area contributed by atoms with Crippen molar-refractivity contribution >= 4 is 38.9 Å². The number of aryl methyl sites for hydroxylation is 1. The predicted molar refractivity (Wildman–Crippen MR) is 275 cm³/mol. The van der Waals surface area contributed by atoms with Gasteiger partial charge in [0.25, 0.3) is 0 Å². The molecule has 0 fully saturated rings. The van der Waals surface area contributed by atoms with E-state index < -0.39 is 6.85 Å². The molecule has 1 aliphatic rings. The van der Waals surface area contributed by atoms with Crippen LogP contribution in [-0.2, 0) is 44.9 Å². The normalized spacial score (nSPS) is 13.6. The molecule has 5 nitrogen and oxygen atoms in total. The number of hydrogen-bond donors (Lipinski definition) is 0. The van der Waals surface area contributed by atoms with Gasteiger partial charge in [-0.3, -0.25) is 0 Å². The second-order valence-corrected chi connectivity index (χ2v) is 19.4. The Labute approximate surface area is 415 Å². The number of ether oxygens (including phenoxy) is 1. The topological polar surface area (TPSA) is 33.5 Å². The number of para-hydroxylation sites is 3. The van der Waals surface area contributed by atoms with Crippen molar-refractivity contribution in [1.29, 1.82) is 0 Å². The number of pyridine rings is 1. The number of aromatic nitrogens is 2. The van der Waals surface area contributed by atoms with Crippen LogP contribution in [-0.4, -0.2) is 16.1 Å². The van der Waals surface area contributed by atoms with Crippen molar-refractivity contribution in [2.24, 2.45) is 0 Å². The third-order valence-electron chi connectivity index (χ3n) is 12.8. The van der Waals surface area contributed by atoms with Gasteiger partial charge in [0, 0.05) is 54.0 Å². The van der Waals surface area contributed by atoms with Crippen LogP contribution in [0, 0.1) is 25.7 Å². The number of rotatable bonds is 11. The van der Waals surface area contributed by atoms with Crippen LogP contribution in [0.5, 0.6) is 5.75 Å². The maximum atomic E-state index is 8.34. The fourth-order valence-corrected chi connectivity index (χ4v) is 9.39. The van der Waals surface area contributed by atoms with E-state index in [1.807, 2.05) is 66.9 Å². The SMILES string of the molecule is [2H]C([2H])([2H])c1cccc(-c2ccccc2)c1CCCN1[CH-]N(c2[c-]c(COc3[c-]c4c(cc3)c3ccccc3n4-c3cc(-c4ccc(C(C)(C)C)cc4C(C)(C)C)ccn3)ccc2)c2ccccc21.[Pt]. The van der Waals surface area contributed by atoms with Gasteiger partial charge in [-0.1, -0.05) is 144 Å². The maximum Gasteiger partial charge on any atom is 0.136 e. The van der Waals surface area contributed by atoms with Crippen molar-refractivity contribution in [3.63, 3.8) is 0 Å². The van der Waals surface area contributed by atoms with Crippen LogP contribution in [0.1, 0.15) is 79.9 Å². The molecule has 7 aromatic carbocycles. The van der Waals surface area contributed by atoms with Gasteiger partial charge in [-0.2, -0.15) is 37.0 Å². The predicted octanol–water partition coefficient (Wildman–Crippen LogP) is 15.3. The van der Waals surface area contributed by atoms with Crippen LogP contribution in [0.15, 0.2) is 164 Å². The molecule has 0 amide bonds. The largest absolute Gasteiger partial charge is 0.517 e. The molecule has 0 bridgehead atoms. The molecule has 340 valence electrons. The molecule has 0 saturated heterocycles. The van der Waals surface area contributed by atoms with Crippen molar-refractivity contribution in [1.82, 2.24) is 9.55 Å². The summed E-state index contributed by atoms with van der Waals surface area (Å²) in [5, 5.41) is 2.21. The van der Waals surface area contributed by atoms with E-state index in [0.717, 1.165) is 78.9 Å². The Balaban J connectivity index is 0.00000608. The summed E-state index contributed by atoms with van der Waals surface area (Å²) in [5.41, 5.74) is 14.1. The van der Waals surface area contributed by atoms with Crippen LogP contribution >= 0.6 is 0 Å². The molecule has 0 radical (unpaired) electrons. The quantitative estimate of drug-likeness (QED) is 0.121. The molecule has 9 aromatic rings. The van der Waals surface area contributed by atoms with Gasteiger partial charge in [0.15, 0.2) is 0 Å². The van der Waals surface area contributed by atoms with Gasteiger partial charge in [0.1, 0.15) is 5.82 Å². The Hall–Kier alpha value is -6.42. The summed E-state index contributed by atoms with van der Waals surface area (Å²) in [4.78, 5) is 9.40. The summed E-state index contributed by atoms with van der Waals surface area (Å²) in [6.45, 7) is 14.6. The first-order valence-electron chi connectivity index (χ1n) is 24.5. The smallest absolute Gasteiger partial charge is 0.136 e. The molecule has 10 rings (SSSR count). The van der Waals surface area contributed by atoms with E-state index in [2.05, 4.69) is 166 Å². The minimum Gasteiger partial charge on any atom is -0.517 e. The standard InChI is InChI=1S/C61H57N4O.Pt/c1-42-18-15-24-50(44-20-9-8-10-21-44)49(42)25-17-35-63-41-64(57-28-14-13-27-56(57)63)47-22-16-19-43(36-47)40-66-48-30-32-53-52-23-11-12-26-55(52)65(58(53)39-48)59-37-45(33-34-62-59)51-31-29-46(60(2,3)4)38-54(51)61(5,6)7;/h8-16,18-24,26-34,37-38,41H,17,25,35,40H2,1-7H3;/q-3;/i1D3;. The van der Waals surface area contributed by atoms with E-state index in [4.69, 9.17) is 13.8 Å². The van der Waals surface area contributed by atoms with Gasteiger partial charge in [-0.15, -0.1) is 28.8 Å². The first-order chi connectivity index (χ1) is 33.1. The van der Waals surface area contributed by atoms with Crippen LogP contribution in [0.2, 0.25) is 0 Å². The summed E-state index contributed by atoms with van der Waals surface area (Å²) in [5.74, 6) is 1.45. The van der Waals surface area contributed by atoms with Crippen molar-refractivity contribution in [2.75, 3.05) is 16.3 Å². The van der Waals surface area contributed by atoms with Crippen LogP contribution in [0.4, 0.5) is 17.1 Å². The Morgan fingerprint density at radius 1 is 0.672 bits per heavy atom. The van der Waals surface area contributed by atoms with Gasteiger partial charge in [0.05, 0.1) is 6.61 Å². The molecule has 1 aliphatic heterocycles. The van der Waals surface area contributed by atoms with E-state index in [0.29, 0.717) is 30.9 Å². The fraction of sp³-hybridized carbons (Fsp3) is 0.213. The van der Waals surface area contributed by atoms with Gasteiger partial charge >= 0.3 is 0 Å². The number of anilines is 3. The molecule has 6 heteroatoms. The van der Waals surface area contributed by atoms with Gasteiger partial charge in [-0.25, -0.2) is 4.98 Å². The third-order valence-corrected chi connectivity index (χ3v) is 12.8. The van der Waals surface area contributed by atoms with Gasteiger partial charge in [0.2, 0.25) is 0 Å². The Morgan fingerprint density at radius 3 is 2.25 bits per heavy atom. The van der Waals surface area contributed by atoms with Crippen molar-refractivity contribution in [3.05, 3.63) is 211 Å². The Kier molecular flexibility index (Phi) is 11.7. The molecule has 0 atom stereocenters. The summed E-state index contributed by atoms with van der Waals surface area (Å²) in [7, 11) is 0. The summed E-state index contributed by atoms with van der Waals surface area (Å²) < 4.78 is 33.8. The molecule has 2 aromatic heterocycles. The van der Waals surface area contributed by atoms with E-state index >= 15 is 0 Å². The van der Waals surface area contributed by atoms with Crippen LogP contribution in [0.3, 0.4) is 0 Å². The zero-order valence-corrected chi connectivity index (χ0v) is 41.3. The molecule has 0 saturated carbocycles. The van der Waals surface area contributed by atoms with Crippen LogP contribution < -0.4 is 14.5 Å². The summed E-state index contributed by atoms with van der Waals surface area (Å²) >= 11 is 0. The van der Waals surface area contributed by atoms with E-state index in [-0.39, 0.29) is 31.9 Å². The number of nitrogens with zero attached hydrogens (tertiary/aromatic N) is 4. The van der Waals surface area contributed by atoms with Crippen molar-refractivity contribution < 1.29 is 29.9 Å². The minimum absolute atomic E-state index is 0. The molecular formula is C61H57N4OPt-3. The molecule has 0 N–H and O–H groups in total. The average molecular weight is 1060 g/mol. The summed E-state index contributed by atoms with van der Waals surface area (Å²) in [6, 6.07) is 61.4. The second-order valence-electron chi connectivity index (χ2n) is 19.4. The van der Waals surface area contributed by atoms with Crippen molar-refractivity contribution in [3.8, 4) is 33.8 Å². The minimum atomic E-state index is -2.21. The fourth-order valence-electron chi connectivity index (χ4n) is 9.39. The third kappa shape index (κ3) is 9.19. The number of fused-ring (bicyclic) bond motifs is 4. The molecule has 3 heterocycles. The van der Waals surface area contributed by atoms with Crippen LogP contribution in [0.25, 0.3) is 49.9 Å². The van der Waals surface area contributed by atoms with Gasteiger partial charge < -0.3 is 19.1 Å². The van der Waals surface area contributed by atoms with E-state index in [9.17, 15) is 0 Å². The molecular weight excluding hydrogens is 1000 g/mol.